The molecule has 0 fully saturated rings. The third kappa shape index (κ3) is 4.11. The van der Waals surface area contributed by atoms with Crippen molar-refractivity contribution in [3.8, 4) is 11.4 Å². The first-order valence-corrected chi connectivity index (χ1v) is 9.40. The van der Waals surface area contributed by atoms with Gasteiger partial charge in [-0.1, -0.05) is 23.9 Å². The third-order valence-corrected chi connectivity index (χ3v) is 4.92. The molecule has 0 spiro atoms. The van der Waals surface area contributed by atoms with Gasteiger partial charge in [0.1, 0.15) is 0 Å². The van der Waals surface area contributed by atoms with Crippen LogP contribution in [-0.4, -0.2) is 31.4 Å². The lowest BCUT2D eigenvalue weighted by Crippen LogP contribution is -2.15. The van der Waals surface area contributed by atoms with Crippen LogP contribution in [0.25, 0.3) is 11.4 Å². The van der Waals surface area contributed by atoms with Gasteiger partial charge in [0, 0.05) is 30.2 Å². The van der Waals surface area contributed by atoms with Gasteiger partial charge in [-0.2, -0.15) is 0 Å². The van der Waals surface area contributed by atoms with E-state index in [-0.39, 0.29) is 11.7 Å². The van der Waals surface area contributed by atoms with Gasteiger partial charge in [-0.15, -0.1) is 10.2 Å². The van der Waals surface area contributed by atoms with Crippen LogP contribution >= 0.6 is 11.8 Å². The number of hydrogen-bond acceptors (Lipinski definition) is 5. The van der Waals surface area contributed by atoms with Crippen molar-refractivity contribution in [3.05, 3.63) is 53.9 Å². The van der Waals surface area contributed by atoms with Crippen LogP contribution < -0.4 is 5.32 Å². The number of carbonyl (C=O) groups excluding carboxylic acids is 1. The summed E-state index contributed by atoms with van der Waals surface area (Å²) in [5.74, 6) is 0.980. The normalized spacial score (nSPS) is 10.7. The Hall–Kier alpha value is -2.67. The van der Waals surface area contributed by atoms with Crippen molar-refractivity contribution in [1.29, 1.82) is 0 Å². The van der Waals surface area contributed by atoms with E-state index < -0.39 is 0 Å². The molecule has 26 heavy (non-hydrogen) atoms. The smallest absolute Gasteiger partial charge is 0.234 e. The first kappa shape index (κ1) is 18.1. The number of anilines is 1. The molecule has 0 aliphatic rings. The van der Waals surface area contributed by atoms with Gasteiger partial charge >= 0.3 is 0 Å². The minimum absolute atomic E-state index is 0.0581. The molecule has 1 amide bonds. The molecular formula is C19H21N5OS. The molecule has 0 bridgehead atoms. The van der Waals surface area contributed by atoms with Crippen molar-refractivity contribution in [1.82, 2.24) is 19.7 Å². The summed E-state index contributed by atoms with van der Waals surface area (Å²) in [4.78, 5) is 16.5. The molecule has 1 aromatic carbocycles. The largest absolute Gasteiger partial charge is 0.325 e. The molecule has 0 atom stereocenters. The van der Waals surface area contributed by atoms with Crippen molar-refractivity contribution in [2.24, 2.45) is 0 Å². The summed E-state index contributed by atoms with van der Waals surface area (Å²) in [5.41, 5.74) is 3.92. The van der Waals surface area contributed by atoms with Gasteiger partial charge < -0.3 is 9.88 Å². The number of amides is 1. The fourth-order valence-corrected chi connectivity index (χ4v) is 3.38. The minimum Gasteiger partial charge on any atom is -0.325 e. The summed E-state index contributed by atoms with van der Waals surface area (Å²) in [5, 5.41) is 12.2. The van der Waals surface area contributed by atoms with E-state index in [1.165, 1.54) is 11.8 Å². The zero-order valence-electron chi connectivity index (χ0n) is 15.1. The Morgan fingerprint density at radius 3 is 2.81 bits per heavy atom. The molecule has 2 heterocycles. The van der Waals surface area contributed by atoms with Gasteiger partial charge in [-0.05, 0) is 50.1 Å². The minimum atomic E-state index is -0.0581. The highest BCUT2D eigenvalue weighted by atomic mass is 32.2. The number of aryl methyl sites for hydroxylation is 2. The van der Waals surface area contributed by atoms with E-state index in [1.54, 1.807) is 12.4 Å². The van der Waals surface area contributed by atoms with Gasteiger partial charge in [0.25, 0.3) is 0 Å². The van der Waals surface area contributed by atoms with E-state index in [1.807, 2.05) is 55.7 Å². The first-order valence-electron chi connectivity index (χ1n) is 8.42. The maximum atomic E-state index is 12.3. The van der Waals surface area contributed by atoms with Gasteiger partial charge in [-0.3, -0.25) is 9.78 Å². The molecule has 0 unspecified atom stereocenters. The standard InChI is InChI=1S/C19H21N5OS/c1-4-24-18(15-6-5-9-20-11-15)22-23-19(24)26-12-17(25)21-16-10-13(2)7-8-14(16)3/h5-11H,4,12H2,1-3H3,(H,21,25). The quantitative estimate of drug-likeness (QED) is 0.673. The monoisotopic (exact) mass is 367 g/mol. The summed E-state index contributed by atoms with van der Waals surface area (Å²) in [6, 6.07) is 9.83. The second-order valence-corrected chi connectivity index (χ2v) is 6.89. The topological polar surface area (TPSA) is 72.7 Å². The first-order chi connectivity index (χ1) is 12.6. The Balaban J connectivity index is 1.69. The molecular weight excluding hydrogens is 346 g/mol. The molecule has 0 saturated heterocycles. The Morgan fingerprint density at radius 1 is 1.23 bits per heavy atom. The molecule has 2 aromatic heterocycles. The fraction of sp³-hybridized carbons (Fsp3) is 0.263. The summed E-state index contributed by atoms with van der Waals surface area (Å²) < 4.78 is 1.99. The van der Waals surface area contributed by atoms with Crippen LogP contribution in [0.1, 0.15) is 18.1 Å². The molecule has 0 aliphatic heterocycles. The Kier molecular flexibility index (Phi) is 5.68. The van der Waals surface area contributed by atoms with Gasteiger partial charge in [0.15, 0.2) is 11.0 Å². The predicted molar refractivity (Wildman–Crippen MR) is 104 cm³/mol. The molecule has 3 rings (SSSR count). The van der Waals surface area contributed by atoms with Crippen molar-refractivity contribution in [3.63, 3.8) is 0 Å². The second-order valence-electron chi connectivity index (χ2n) is 5.95. The fourth-order valence-electron chi connectivity index (χ4n) is 2.58. The highest BCUT2D eigenvalue weighted by molar-refractivity contribution is 7.99. The molecule has 3 aromatic rings. The average Bonchev–Trinajstić information content (AvgIpc) is 3.06. The van der Waals surface area contributed by atoms with E-state index >= 15 is 0 Å². The number of pyridine rings is 1. The van der Waals surface area contributed by atoms with E-state index in [0.717, 1.165) is 39.9 Å². The number of benzene rings is 1. The van der Waals surface area contributed by atoms with Crippen LogP contribution in [0.5, 0.6) is 0 Å². The van der Waals surface area contributed by atoms with Crippen molar-refractivity contribution >= 4 is 23.4 Å². The summed E-state index contributed by atoms with van der Waals surface area (Å²) in [6.45, 7) is 6.74. The van der Waals surface area contributed by atoms with Crippen LogP contribution in [0.4, 0.5) is 5.69 Å². The SMILES string of the molecule is CCn1c(SCC(=O)Nc2cc(C)ccc2C)nnc1-c1cccnc1. The van der Waals surface area contributed by atoms with Gasteiger partial charge in [-0.25, -0.2) is 0 Å². The number of hydrogen-bond donors (Lipinski definition) is 1. The zero-order valence-corrected chi connectivity index (χ0v) is 15.9. The van der Waals surface area contributed by atoms with E-state index in [4.69, 9.17) is 0 Å². The highest BCUT2D eigenvalue weighted by Gasteiger charge is 2.15. The number of thioether (sulfide) groups is 1. The molecule has 1 N–H and O–H groups in total. The number of nitrogens with zero attached hydrogens (tertiary/aromatic N) is 4. The Bertz CT molecular complexity index is 908. The molecule has 6 nitrogen and oxygen atoms in total. The van der Waals surface area contributed by atoms with Crippen molar-refractivity contribution in [2.75, 3.05) is 11.1 Å². The summed E-state index contributed by atoms with van der Waals surface area (Å²) in [7, 11) is 0. The lowest BCUT2D eigenvalue weighted by molar-refractivity contribution is -0.113. The maximum absolute atomic E-state index is 12.3. The zero-order chi connectivity index (χ0) is 18.5. The third-order valence-electron chi connectivity index (χ3n) is 3.95. The number of nitrogens with one attached hydrogen (secondary N) is 1. The van der Waals surface area contributed by atoms with Crippen molar-refractivity contribution < 1.29 is 4.79 Å². The van der Waals surface area contributed by atoms with Crippen LogP contribution in [-0.2, 0) is 11.3 Å². The maximum Gasteiger partial charge on any atom is 0.234 e. The molecule has 7 heteroatoms. The number of rotatable bonds is 6. The van der Waals surface area contributed by atoms with Crippen LogP contribution in [0, 0.1) is 13.8 Å². The van der Waals surface area contributed by atoms with Gasteiger partial charge in [0.2, 0.25) is 5.91 Å². The Labute approximate surface area is 157 Å². The number of carbonyl (C=O) groups is 1. The average molecular weight is 367 g/mol. The Morgan fingerprint density at radius 2 is 2.08 bits per heavy atom. The van der Waals surface area contributed by atoms with Crippen LogP contribution in [0.3, 0.4) is 0 Å². The highest BCUT2D eigenvalue weighted by Crippen LogP contribution is 2.24. The lowest BCUT2D eigenvalue weighted by Gasteiger charge is -2.10. The van der Waals surface area contributed by atoms with Gasteiger partial charge in [0.05, 0.1) is 5.75 Å². The molecule has 0 aliphatic carbocycles. The van der Waals surface area contributed by atoms with Crippen LogP contribution in [0.2, 0.25) is 0 Å². The second kappa shape index (κ2) is 8.14. The molecule has 0 radical (unpaired) electrons. The molecule has 0 saturated carbocycles. The molecule has 134 valence electrons. The van der Waals surface area contributed by atoms with E-state index in [2.05, 4.69) is 20.5 Å². The van der Waals surface area contributed by atoms with E-state index in [0.29, 0.717) is 0 Å². The van der Waals surface area contributed by atoms with Crippen molar-refractivity contribution in [2.45, 2.75) is 32.5 Å². The van der Waals surface area contributed by atoms with Crippen LogP contribution in [0.15, 0.2) is 47.9 Å². The lowest BCUT2D eigenvalue weighted by atomic mass is 10.1. The summed E-state index contributed by atoms with van der Waals surface area (Å²) in [6.07, 6.45) is 3.49. The predicted octanol–water partition coefficient (Wildman–Crippen LogP) is 3.71. The van der Waals surface area contributed by atoms with E-state index in [9.17, 15) is 4.79 Å². The number of aromatic nitrogens is 4. The summed E-state index contributed by atoms with van der Waals surface area (Å²) >= 11 is 1.38.